The first kappa shape index (κ1) is 14.9. The topological polar surface area (TPSA) is 55.6 Å². The van der Waals surface area contributed by atoms with Gasteiger partial charge >= 0.3 is 0 Å². The van der Waals surface area contributed by atoms with E-state index in [2.05, 4.69) is 0 Å². The number of carbonyl (C=O) groups excluding carboxylic acids is 1. The number of carbonyl (C=O) groups is 1. The van der Waals surface area contributed by atoms with Crippen LogP contribution in [0, 0.1) is 0 Å². The molecule has 1 heterocycles. The number of hydrogen-bond donors (Lipinski definition) is 1. The summed E-state index contributed by atoms with van der Waals surface area (Å²) >= 11 is 0. The lowest BCUT2D eigenvalue weighted by molar-refractivity contribution is -0.131. The normalized spacial score (nSPS) is 18.6. The molecule has 0 aromatic heterocycles. The third kappa shape index (κ3) is 3.51. The van der Waals surface area contributed by atoms with Crippen LogP contribution in [-0.4, -0.2) is 36.0 Å². The number of benzene rings is 1. The second kappa shape index (κ2) is 6.75. The van der Waals surface area contributed by atoms with Crippen molar-refractivity contribution in [3.63, 3.8) is 0 Å². The molecule has 1 fully saturated rings. The van der Waals surface area contributed by atoms with Crippen LogP contribution >= 0.6 is 0 Å². The number of nitrogens with zero attached hydrogens (tertiary/aromatic N) is 1. The van der Waals surface area contributed by atoms with Gasteiger partial charge in [0, 0.05) is 24.7 Å². The summed E-state index contributed by atoms with van der Waals surface area (Å²) in [5.74, 6) is 0.956. The maximum Gasteiger partial charge on any atom is 0.227 e. The highest BCUT2D eigenvalue weighted by Crippen LogP contribution is 2.23. The van der Waals surface area contributed by atoms with Gasteiger partial charge in [0.1, 0.15) is 5.75 Å². The minimum absolute atomic E-state index is 0.106. The molecule has 4 heteroatoms. The standard InChI is InChI=1S/C16H24N2O2/c1-12(2)20-15-8-4-3-6-13(15)10-16(19)18-9-5-7-14(18)11-17/h3-4,6,8,12,14H,5,7,9-11,17H2,1-2H3. The monoisotopic (exact) mass is 276 g/mol. The average Bonchev–Trinajstić information content (AvgIpc) is 2.88. The van der Waals surface area contributed by atoms with Crippen LogP contribution in [0.15, 0.2) is 24.3 Å². The van der Waals surface area contributed by atoms with Crippen molar-refractivity contribution in [2.75, 3.05) is 13.1 Å². The number of rotatable bonds is 5. The van der Waals surface area contributed by atoms with Crippen molar-refractivity contribution in [1.82, 2.24) is 4.90 Å². The zero-order valence-corrected chi connectivity index (χ0v) is 12.3. The predicted octanol–water partition coefficient (Wildman–Crippen LogP) is 1.97. The third-order valence-corrected chi connectivity index (χ3v) is 3.65. The second-order valence-corrected chi connectivity index (χ2v) is 5.57. The molecule has 1 amide bonds. The summed E-state index contributed by atoms with van der Waals surface area (Å²) < 4.78 is 5.77. The molecule has 0 aliphatic carbocycles. The van der Waals surface area contributed by atoms with E-state index < -0.39 is 0 Å². The van der Waals surface area contributed by atoms with E-state index in [0.717, 1.165) is 30.7 Å². The molecule has 1 aliphatic heterocycles. The van der Waals surface area contributed by atoms with Gasteiger partial charge in [-0.25, -0.2) is 0 Å². The van der Waals surface area contributed by atoms with Crippen LogP contribution in [0.25, 0.3) is 0 Å². The van der Waals surface area contributed by atoms with E-state index in [1.54, 1.807) is 0 Å². The van der Waals surface area contributed by atoms with Gasteiger partial charge in [0.2, 0.25) is 5.91 Å². The summed E-state index contributed by atoms with van der Waals surface area (Å²) in [6.07, 6.45) is 2.57. The van der Waals surface area contributed by atoms with Crippen LogP contribution in [0.1, 0.15) is 32.3 Å². The molecule has 2 rings (SSSR count). The highest BCUT2D eigenvalue weighted by Gasteiger charge is 2.27. The Bertz CT molecular complexity index is 460. The maximum absolute atomic E-state index is 12.4. The first-order chi connectivity index (χ1) is 9.61. The largest absolute Gasteiger partial charge is 0.491 e. The van der Waals surface area contributed by atoms with E-state index in [9.17, 15) is 4.79 Å². The number of amides is 1. The minimum atomic E-state index is 0.106. The Labute approximate surface area is 120 Å². The van der Waals surface area contributed by atoms with E-state index in [4.69, 9.17) is 10.5 Å². The Morgan fingerprint density at radius 1 is 1.45 bits per heavy atom. The van der Waals surface area contributed by atoms with Crippen molar-refractivity contribution in [3.8, 4) is 5.75 Å². The molecule has 1 aliphatic rings. The van der Waals surface area contributed by atoms with Crippen molar-refractivity contribution >= 4 is 5.91 Å². The smallest absolute Gasteiger partial charge is 0.227 e. The highest BCUT2D eigenvalue weighted by molar-refractivity contribution is 5.80. The van der Waals surface area contributed by atoms with Gasteiger partial charge in [0.15, 0.2) is 0 Å². The molecule has 0 spiro atoms. The summed E-state index contributed by atoms with van der Waals surface area (Å²) in [7, 11) is 0. The molecule has 20 heavy (non-hydrogen) atoms. The maximum atomic E-state index is 12.4. The van der Waals surface area contributed by atoms with E-state index in [-0.39, 0.29) is 18.1 Å². The molecular formula is C16H24N2O2. The lowest BCUT2D eigenvalue weighted by atomic mass is 10.1. The SMILES string of the molecule is CC(C)Oc1ccccc1CC(=O)N1CCCC1CN. The number of para-hydroxylation sites is 1. The number of nitrogens with two attached hydrogens (primary N) is 1. The molecule has 1 aromatic rings. The Morgan fingerprint density at radius 2 is 2.20 bits per heavy atom. The van der Waals surface area contributed by atoms with Crippen LogP contribution in [0.5, 0.6) is 5.75 Å². The summed E-state index contributed by atoms with van der Waals surface area (Å²) in [5, 5.41) is 0. The quantitative estimate of drug-likeness (QED) is 0.894. The fraction of sp³-hybridized carbons (Fsp3) is 0.562. The molecule has 1 aromatic carbocycles. The van der Waals surface area contributed by atoms with Crippen LogP contribution in [-0.2, 0) is 11.2 Å². The van der Waals surface area contributed by atoms with Gasteiger partial charge in [-0.15, -0.1) is 0 Å². The molecule has 1 atom stereocenters. The molecule has 1 unspecified atom stereocenters. The fourth-order valence-electron chi connectivity index (χ4n) is 2.69. The molecular weight excluding hydrogens is 252 g/mol. The molecule has 4 nitrogen and oxygen atoms in total. The highest BCUT2D eigenvalue weighted by atomic mass is 16.5. The number of likely N-dealkylation sites (tertiary alicyclic amines) is 1. The molecule has 1 saturated heterocycles. The van der Waals surface area contributed by atoms with Crippen molar-refractivity contribution in [3.05, 3.63) is 29.8 Å². The average molecular weight is 276 g/mol. The summed E-state index contributed by atoms with van der Waals surface area (Å²) in [4.78, 5) is 14.4. The Morgan fingerprint density at radius 3 is 2.90 bits per heavy atom. The van der Waals surface area contributed by atoms with Crippen molar-refractivity contribution in [2.45, 2.75) is 45.3 Å². The third-order valence-electron chi connectivity index (χ3n) is 3.65. The Hall–Kier alpha value is -1.55. The van der Waals surface area contributed by atoms with Gasteiger partial charge in [-0.3, -0.25) is 4.79 Å². The zero-order valence-electron chi connectivity index (χ0n) is 12.3. The van der Waals surface area contributed by atoms with E-state index in [0.29, 0.717) is 13.0 Å². The van der Waals surface area contributed by atoms with Gasteiger partial charge < -0.3 is 15.4 Å². The summed E-state index contributed by atoms with van der Waals surface area (Å²) in [6.45, 7) is 5.36. The summed E-state index contributed by atoms with van der Waals surface area (Å²) in [6, 6.07) is 7.97. The van der Waals surface area contributed by atoms with Crippen molar-refractivity contribution in [2.24, 2.45) is 5.73 Å². The van der Waals surface area contributed by atoms with Crippen LogP contribution in [0.3, 0.4) is 0 Å². The van der Waals surface area contributed by atoms with Crippen LogP contribution < -0.4 is 10.5 Å². The summed E-state index contributed by atoms with van der Waals surface area (Å²) in [5.41, 5.74) is 6.69. The first-order valence-electron chi connectivity index (χ1n) is 7.36. The Balaban J connectivity index is 2.07. The van der Waals surface area contributed by atoms with Crippen molar-refractivity contribution < 1.29 is 9.53 Å². The number of hydrogen-bond acceptors (Lipinski definition) is 3. The molecule has 110 valence electrons. The van der Waals surface area contributed by atoms with Gasteiger partial charge in [0.05, 0.1) is 12.5 Å². The Kier molecular flexibility index (Phi) is 5.01. The second-order valence-electron chi connectivity index (χ2n) is 5.57. The predicted molar refractivity (Wildman–Crippen MR) is 79.7 cm³/mol. The zero-order chi connectivity index (χ0) is 14.5. The van der Waals surface area contributed by atoms with E-state index in [1.165, 1.54) is 0 Å². The van der Waals surface area contributed by atoms with Gasteiger partial charge in [-0.2, -0.15) is 0 Å². The molecule has 0 bridgehead atoms. The minimum Gasteiger partial charge on any atom is -0.491 e. The lowest BCUT2D eigenvalue weighted by Gasteiger charge is -2.24. The van der Waals surface area contributed by atoms with Gasteiger partial charge in [-0.1, -0.05) is 18.2 Å². The first-order valence-corrected chi connectivity index (χ1v) is 7.36. The van der Waals surface area contributed by atoms with E-state index >= 15 is 0 Å². The molecule has 0 saturated carbocycles. The van der Waals surface area contributed by atoms with E-state index in [1.807, 2.05) is 43.0 Å². The van der Waals surface area contributed by atoms with Gasteiger partial charge in [0.25, 0.3) is 0 Å². The number of ether oxygens (including phenoxy) is 1. The van der Waals surface area contributed by atoms with Gasteiger partial charge in [-0.05, 0) is 32.8 Å². The van der Waals surface area contributed by atoms with Crippen LogP contribution in [0.2, 0.25) is 0 Å². The molecule has 2 N–H and O–H groups in total. The van der Waals surface area contributed by atoms with Crippen molar-refractivity contribution in [1.29, 1.82) is 0 Å². The lowest BCUT2D eigenvalue weighted by Crippen LogP contribution is -2.40. The van der Waals surface area contributed by atoms with Crippen LogP contribution in [0.4, 0.5) is 0 Å². The molecule has 0 radical (unpaired) electrons. The fourth-order valence-corrected chi connectivity index (χ4v) is 2.69.